The zero-order valence-electron chi connectivity index (χ0n) is 7.89. The smallest absolute Gasteiger partial charge is 0.291 e. The van der Waals surface area contributed by atoms with Crippen LogP contribution in [0, 0.1) is 10.1 Å². The molecule has 0 bridgehead atoms. The summed E-state index contributed by atoms with van der Waals surface area (Å²) in [6.07, 6.45) is 2.95. The largest absolute Gasteiger partial charge is 0.332 e. The Morgan fingerprint density at radius 1 is 1.46 bits per heavy atom. The average Bonchev–Trinajstić information content (AvgIpc) is 2.03. The summed E-state index contributed by atoms with van der Waals surface area (Å²) >= 11 is 0. The molecule has 0 spiro atoms. The molecule has 0 fully saturated rings. The third kappa shape index (κ3) is 2.00. The van der Waals surface area contributed by atoms with E-state index in [0.29, 0.717) is 10.2 Å². The van der Waals surface area contributed by atoms with Gasteiger partial charge < -0.3 is 0 Å². The molecule has 0 atom stereocenters. The van der Waals surface area contributed by atoms with Crippen LogP contribution in [-0.4, -0.2) is 31.1 Å². The van der Waals surface area contributed by atoms with Crippen LogP contribution in [0.2, 0.25) is 0 Å². The Bertz CT molecular complexity index is 330. The minimum Gasteiger partial charge on any atom is -0.291 e. The monoisotopic (exact) mass is 182 g/mol. The first-order valence-corrected chi connectivity index (χ1v) is 3.83. The van der Waals surface area contributed by atoms with Crippen molar-refractivity contribution in [2.75, 3.05) is 21.1 Å². The SMILES string of the molecule is C[N+](C)(C)c1cnccc1[N+](=O)[O-]. The van der Waals surface area contributed by atoms with Gasteiger partial charge in [-0.3, -0.25) is 19.6 Å². The Labute approximate surface area is 76.4 Å². The van der Waals surface area contributed by atoms with E-state index in [4.69, 9.17) is 0 Å². The van der Waals surface area contributed by atoms with Gasteiger partial charge in [0.2, 0.25) is 5.69 Å². The summed E-state index contributed by atoms with van der Waals surface area (Å²) in [5, 5.41) is 10.6. The second-order valence-corrected chi connectivity index (χ2v) is 3.63. The lowest BCUT2D eigenvalue weighted by Crippen LogP contribution is -2.35. The Morgan fingerprint density at radius 3 is 2.46 bits per heavy atom. The molecule has 0 aromatic carbocycles. The van der Waals surface area contributed by atoms with Crippen molar-refractivity contribution < 1.29 is 4.92 Å². The third-order valence-electron chi connectivity index (χ3n) is 1.70. The molecule has 5 heteroatoms. The van der Waals surface area contributed by atoms with Gasteiger partial charge in [-0.25, -0.2) is 0 Å². The van der Waals surface area contributed by atoms with E-state index in [-0.39, 0.29) is 10.6 Å². The van der Waals surface area contributed by atoms with Crippen molar-refractivity contribution in [1.82, 2.24) is 9.47 Å². The van der Waals surface area contributed by atoms with Gasteiger partial charge in [-0.2, -0.15) is 0 Å². The Kier molecular flexibility index (Phi) is 2.29. The summed E-state index contributed by atoms with van der Waals surface area (Å²) in [7, 11) is 5.60. The van der Waals surface area contributed by atoms with E-state index in [0.717, 1.165) is 0 Å². The minimum absolute atomic E-state index is 0.113. The first-order chi connectivity index (χ1) is 5.93. The molecule has 70 valence electrons. The van der Waals surface area contributed by atoms with E-state index in [1.807, 2.05) is 21.1 Å². The van der Waals surface area contributed by atoms with Gasteiger partial charge in [0.25, 0.3) is 0 Å². The maximum Gasteiger partial charge on any atom is 0.332 e. The van der Waals surface area contributed by atoms with Crippen LogP contribution in [0.5, 0.6) is 0 Å². The summed E-state index contributed by atoms with van der Waals surface area (Å²) in [5.74, 6) is 0. The minimum atomic E-state index is -0.388. The molecule has 0 unspecified atom stereocenters. The second-order valence-electron chi connectivity index (χ2n) is 3.63. The van der Waals surface area contributed by atoms with Gasteiger partial charge in [-0.05, 0) is 0 Å². The predicted octanol–water partition coefficient (Wildman–Crippen LogP) is 1.19. The van der Waals surface area contributed by atoms with Gasteiger partial charge in [-0.15, -0.1) is 0 Å². The molecule has 0 N–H and O–H groups in total. The van der Waals surface area contributed by atoms with Crippen molar-refractivity contribution in [3.8, 4) is 0 Å². The van der Waals surface area contributed by atoms with Gasteiger partial charge in [0, 0.05) is 12.3 Å². The third-order valence-corrected chi connectivity index (χ3v) is 1.70. The van der Waals surface area contributed by atoms with E-state index in [2.05, 4.69) is 4.98 Å². The summed E-state index contributed by atoms with van der Waals surface area (Å²) in [6.45, 7) is 0. The number of nitro groups is 1. The van der Waals surface area contributed by atoms with Gasteiger partial charge in [0.05, 0.1) is 32.3 Å². The number of hydrogen-bond donors (Lipinski definition) is 0. The quantitative estimate of drug-likeness (QED) is 0.392. The summed E-state index contributed by atoms with van der Waals surface area (Å²) < 4.78 is 0.393. The van der Waals surface area contributed by atoms with Gasteiger partial charge >= 0.3 is 5.69 Å². The van der Waals surface area contributed by atoms with E-state index < -0.39 is 0 Å². The van der Waals surface area contributed by atoms with Crippen molar-refractivity contribution in [3.05, 3.63) is 28.6 Å². The van der Waals surface area contributed by atoms with E-state index in [9.17, 15) is 10.1 Å². The number of aromatic nitrogens is 1. The molecule has 13 heavy (non-hydrogen) atoms. The zero-order chi connectivity index (χ0) is 10.1. The van der Waals surface area contributed by atoms with Crippen LogP contribution < -0.4 is 4.48 Å². The number of quaternary nitrogens is 1. The normalized spacial score (nSPS) is 11.3. The van der Waals surface area contributed by atoms with Crippen molar-refractivity contribution in [2.24, 2.45) is 0 Å². The Balaban J connectivity index is 3.28. The molecular weight excluding hydrogens is 170 g/mol. The lowest BCUT2D eigenvalue weighted by atomic mass is 10.3. The van der Waals surface area contributed by atoms with Crippen LogP contribution in [0.25, 0.3) is 0 Å². The van der Waals surface area contributed by atoms with Crippen molar-refractivity contribution in [2.45, 2.75) is 0 Å². The Morgan fingerprint density at radius 2 is 2.08 bits per heavy atom. The standard InChI is InChI=1S/C8H12N3O2/c1-11(2,3)8-6-9-5-4-7(8)10(12)13/h4-6H,1-3H3/q+1. The van der Waals surface area contributed by atoms with Crippen molar-refractivity contribution >= 4 is 11.4 Å². The molecular formula is C8H12N3O2+. The highest BCUT2D eigenvalue weighted by molar-refractivity contribution is 5.57. The topological polar surface area (TPSA) is 56.0 Å². The van der Waals surface area contributed by atoms with E-state index in [1.165, 1.54) is 18.5 Å². The molecule has 0 aliphatic heterocycles. The summed E-state index contributed by atoms with van der Waals surface area (Å²) in [5.41, 5.74) is 0.718. The van der Waals surface area contributed by atoms with Crippen molar-refractivity contribution in [1.29, 1.82) is 0 Å². The molecule has 0 aliphatic rings. The highest BCUT2D eigenvalue weighted by atomic mass is 16.6. The fourth-order valence-corrected chi connectivity index (χ4v) is 1.05. The fraction of sp³-hybridized carbons (Fsp3) is 0.375. The van der Waals surface area contributed by atoms with Crippen LogP contribution >= 0.6 is 0 Å². The number of rotatable bonds is 2. The van der Waals surface area contributed by atoms with Crippen LogP contribution in [0.15, 0.2) is 18.5 Å². The van der Waals surface area contributed by atoms with E-state index >= 15 is 0 Å². The summed E-state index contributed by atoms with van der Waals surface area (Å²) in [6, 6.07) is 1.42. The second kappa shape index (κ2) is 3.10. The first kappa shape index (κ1) is 9.60. The highest BCUT2D eigenvalue weighted by Gasteiger charge is 2.25. The van der Waals surface area contributed by atoms with Gasteiger partial charge in [0.15, 0.2) is 0 Å². The lowest BCUT2D eigenvalue weighted by Gasteiger charge is -2.21. The first-order valence-electron chi connectivity index (χ1n) is 3.83. The molecule has 5 nitrogen and oxygen atoms in total. The molecule has 1 aromatic heterocycles. The maximum absolute atomic E-state index is 10.6. The van der Waals surface area contributed by atoms with E-state index in [1.54, 1.807) is 0 Å². The molecule has 0 saturated heterocycles. The molecule has 0 amide bonds. The predicted molar refractivity (Wildman–Crippen MR) is 50.5 cm³/mol. The fourth-order valence-electron chi connectivity index (χ4n) is 1.05. The molecule has 1 heterocycles. The van der Waals surface area contributed by atoms with Crippen LogP contribution in [0.3, 0.4) is 0 Å². The van der Waals surface area contributed by atoms with Gasteiger partial charge in [-0.1, -0.05) is 0 Å². The molecule has 0 radical (unpaired) electrons. The number of nitrogens with zero attached hydrogens (tertiary/aromatic N) is 3. The number of pyridine rings is 1. The lowest BCUT2D eigenvalue weighted by molar-refractivity contribution is -0.384. The zero-order valence-corrected chi connectivity index (χ0v) is 7.89. The molecule has 1 rings (SSSR count). The average molecular weight is 182 g/mol. The van der Waals surface area contributed by atoms with Crippen LogP contribution in [0.4, 0.5) is 11.4 Å². The van der Waals surface area contributed by atoms with Gasteiger partial charge in [0.1, 0.15) is 0 Å². The van der Waals surface area contributed by atoms with Crippen molar-refractivity contribution in [3.63, 3.8) is 0 Å². The number of hydrogen-bond acceptors (Lipinski definition) is 3. The summed E-state index contributed by atoms with van der Waals surface area (Å²) in [4.78, 5) is 14.1. The van der Waals surface area contributed by atoms with Crippen LogP contribution in [-0.2, 0) is 0 Å². The maximum atomic E-state index is 10.6. The van der Waals surface area contributed by atoms with Crippen LogP contribution in [0.1, 0.15) is 0 Å². The molecule has 1 aromatic rings. The molecule has 0 saturated carbocycles. The molecule has 0 aliphatic carbocycles. The highest BCUT2D eigenvalue weighted by Crippen LogP contribution is 2.27. The Hall–Kier alpha value is -1.49.